The van der Waals surface area contributed by atoms with Crippen molar-refractivity contribution in [3.05, 3.63) is 45.1 Å². The summed E-state index contributed by atoms with van der Waals surface area (Å²) in [4.78, 5) is 24.3. The molecule has 0 unspecified atom stereocenters. The molecule has 1 aliphatic rings. The third-order valence-electron chi connectivity index (χ3n) is 3.57. The summed E-state index contributed by atoms with van der Waals surface area (Å²) < 4.78 is 10.1. The molecule has 0 saturated carbocycles. The Morgan fingerprint density at radius 3 is 2.78 bits per heavy atom. The van der Waals surface area contributed by atoms with Gasteiger partial charge in [0, 0.05) is 25.1 Å². The van der Waals surface area contributed by atoms with Crippen molar-refractivity contribution in [1.29, 1.82) is 0 Å². The van der Waals surface area contributed by atoms with Crippen LogP contribution in [-0.4, -0.2) is 32.2 Å². The first-order chi connectivity index (χ1) is 11.0. The number of amides is 1. The number of allylic oxidation sites excluding steroid dienone is 1. The van der Waals surface area contributed by atoms with E-state index in [1.807, 2.05) is 0 Å². The number of benzene rings is 1. The summed E-state index contributed by atoms with van der Waals surface area (Å²) >= 11 is 12.3. The molecule has 1 N–H and O–H groups in total. The molecule has 0 radical (unpaired) electrons. The molecule has 0 fully saturated rings. The second kappa shape index (κ2) is 7.81. The van der Waals surface area contributed by atoms with E-state index in [1.54, 1.807) is 25.1 Å². The average molecular weight is 358 g/mol. The molecule has 0 aliphatic carbocycles. The average Bonchev–Trinajstić information content (AvgIpc) is 2.49. The third kappa shape index (κ3) is 4.05. The molecular weight excluding hydrogens is 341 g/mol. The topological polar surface area (TPSA) is 64.6 Å². The van der Waals surface area contributed by atoms with Gasteiger partial charge in [0.15, 0.2) is 0 Å². The maximum Gasteiger partial charge on any atom is 0.336 e. The Labute approximate surface area is 144 Å². The van der Waals surface area contributed by atoms with E-state index in [1.165, 1.54) is 7.11 Å². The van der Waals surface area contributed by atoms with Gasteiger partial charge in [0.05, 0.1) is 22.2 Å². The summed E-state index contributed by atoms with van der Waals surface area (Å²) in [5, 5.41) is 3.38. The van der Waals surface area contributed by atoms with E-state index in [9.17, 15) is 9.59 Å². The molecule has 0 aromatic heterocycles. The Bertz CT molecular complexity index is 657. The second-order valence-corrected chi connectivity index (χ2v) is 5.90. The Morgan fingerprint density at radius 2 is 2.09 bits per heavy atom. The van der Waals surface area contributed by atoms with Crippen LogP contribution in [0, 0.1) is 0 Å². The van der Waals surface area contributed by atoms with Gasteiger partial charge in [0.1, 0.15) is 6.61 Å². The smallest absolute Gasteiger partial charge is 0.336 e. The molecule has 1 aromatic rings. The summed E-state index contributed by atoms with van der Waals surface area (Å²) in [6, 6.07) is 5.15. The van der Waals surface area contributed by atoms with Crippen LogP contribution in [0.25, 0.3) is 0 Å². The molecule has 1 aromatic carbocycles. The van der Waals surface area contributed by atoms with E-state index < -0.39 is 11.9 Å². The van der Waals surface area contributed by atoms with E-state index in [4.69, 9.17) is 32.7 Å². The van der Waals surface area contributed by atoms with Gasteiger partial charge in [0.25, 0.3) is 0 Å². The van der Waals surface area contributed by atoms with Crippen molar-refractivity contribution in [3.8, 4) is 0 Å². The standard InChI is InChI=1S/C16H17Cl2NO4/c1-9-14(16(21)23-7-6-22-2)11(8-13(20)19-9)10-4-3-5-12(17)15(10)18/h3-5,11H,6-8H2,1-2H3,(H,19,20)/t11-/m0/s1. The van der Waals surface area contributed by atoms with E-state index in [0.29, 0.717) is 33.5 Å². The van der Waals surface area contributed by atoms with Gasteiger partial charge in [-0.05, 0) is 18.6 Å². The zero-order chi connectivity index (χ0) is 17.0. The highest BCUT2D eigenvalue weighted by atomic mass is 35.5. The van der Waals surface area contributed by atoms with Crippen LogP contribution in [0.2, 0.25) is 10.0 Å². The van der Waals surface area contributed by atoms with Gasteiger partial charge >= 0.3 is 5.97 Å². The summed E-state index contributed by atoms with van der Waals surface area (Å²) in [6.07, 6.45) is 0.103. The monoisotopic (exact) mass is 357 g/mol. The van der Waals surface area contributed by atoms with E-state index in [2.05, 4.69) is 5.32 Å². The lowest BCUT2D eigenvalue weighted by Gasteiger charge is -2.27. The molecule has 1 aliphatic heterocycles. The van der Waals surface area contributed by atoms with Crippen molar-refractivity contribution in [2.24, 2.45) is 0 Å². The summed E-state index contributed by atoms with van der Waals surface area (Å²) in [5.41, 5.74) is 1.47. The second-order valence-electron chi connectivity index (χ2n) is 5.12. The van der Waals surface area contributed by atoms with E-state index in [0.717, 1.165) is 0 Å². The van der Waals surface area contributed by atoms with Gasteiger partial charge in [0.2, 0.25) is 5.91 Å². The molecule has 124 valence electrons. The minimum Gasteiger partial charge on any atom is -0.460 e. The van der Waals surface area contributed by atoms with Gasteiger partial charge in [-0.15, -0.1) is 0 Å². The minimum absolute atomic E-state index is 0.103. The lowest BCUT2D eigenvalue weighted by atomic mass is 9.84. The summed E-state index contributed by atoms with van der Waals surface area (Å²) in [6.45, 7) is 2.10. The fourth-order valence-electron chi connectivity index (χ4n) is 2.52. The van der Waals surface area contributed by atoms with E-state index in [-0.39, 0.29) is 18.9 Å². The summed E-state index contributed by atoms with van der Waals surface area (Å²) in [7, 11) is 1.52. The Kier molecular flexibility index (Phi) is 6.04. The van der Waals surface area contributed by atoms with Crippen molar-refractivity contribution < 1.29 is 19.1 Å². The van der Waals surface area contributed by atoms with Crippen LogP contribution in [-0.2, 0) is 19.1 Å². The zero-order valence-electron chi connectivity index (χ0n) is 12.8. The molecule has 1 heterocycles. The van der Waals surface area contributed by atoms with Crippen LogP contribution in [0.5, 0.6) is 0 Å². The van der Waals surface area contributed by atoms with Crippen molar-refractivity contribution in [1.82, 2.24) is 5.32 Å². The highest BCUT2D eigenvalue weighted by molar-refractivity contribution is 6.42. The SMILES string of the molecule is COCCOC(=O)C1=C(C)NC(=O)C[C@H]1c1cccc(Cl)c1Cl. The summed E-state index contributed by atoms with van der Waals surface area (Å²) in [5.74, 6) is -1.18. The molecule has 23 heavy (non-hydrogen) atoms. The van der Waals surface area contributed by atoms with Gasteiger partial charge in [-0.2, -0.15) is 0 Å². The number of nitrogens with one attached hydrogen (secondary N) is 1. The number of methoxy groups -OCH3 is 1. The molecule has 0 spiro atoms. The number of ether oxygens (including phenoxy) is 2. The fourth-order valence-corrected chi connectivity index (χ4v) is 2.96. The predicted octanol–water partition coefficient (Wildman–Crippen LogP) is 3.06. The van der Waals surface area contributed by atoms with Crippen LogP contribution in [0.4, 0.5) is 0 Å². The number of hydrogen-bond donors (Lipinski definition) is 1. The van der Waals surface area contributed by atoms with Crippen molar-refractivity contribution in [2.45, 2.75) is 19.3 Å². The molecule has 1 atom stereocenters. The molecule has 5 nitrogen and oxygen atoms in total. The largest absolute Gasteiger partial charge is 0.460 e. The Hall–Kier alpha value is -1.56. The number of halogens is 2. The van der Waals surface area contributed by atoms with Crippen LogP contribution < -0.4 is 5.32 Å². The van der Waals surface area contributed by atoms with Gasteiger partial charge in [-0.1, -0.05) is 35.3 Å². The normalized spacial score (nSPS) is 17.9. The van der Waals surface area contributed by atoms with Gasteiger partial charge in [-0.3, -0.25) is 4.79 Å². The Balaban J connectivity index is 2.38. The quantitative estimate of drug-likeness (QED) is 0.649. The number of carbonyl (C=O) groups excluding carboxylic acids is 2. The lowest BCUT2D eigenvalue weighted by Crippen LogP contribution is -2.34. The molecule has 1 amide bonds. The first-order valence-electron chi connectivity index (χ1n) is 7.06. The number of carbonyl (C=O) groups is 2. The lowest BCUT2D eigenvalue weighted by molar-refractivity contribution is -0.140. The first kappa shape index (κ1) is 17.8. The maximum absolute atomic E-state index is 12.4. The molecule has 7 heteroatoms. The van der Waals surface area contributed by atoms with Crippen LogP contribution in [0.1, 0.15) is 24.8 Å². The van der Waals surface area contributed by atoms with Crippen molar-refractivity contribution >= 4 is 35.1 Å². The maximum atomic E-state index is 12.4. The highest BCUT2D eigenvalue weighted by Gasteiger charge is 2.34. The minimum atomic E-state index is -0.499. The predicted molar refractivity (Wildman–Crippen MR) is 87.5 cm³/mol. The van der Waals surface area contributed by atoms with Gasteiger partial charge in [-0.25, -0.2) is 4.79 Å². The number of rotatable bonds is 5. The van der Waals surface area contributed by atoms with Crippen molar-refractivity contribution in [2.75, 3.05) is 20.3 Å². The highest BCUT2D eigenvalue weighted by Crippen LogP contribution is 2.39. The molecule has 0 saturated heterocycles. The molecule has 2 rings (SSSR count). The number of hydrogen-bond acceptors (Lipinski definition) is 4. The fraction of sp³-hybridized carbons (Fsp3) is 0.375. The molecular formula is C16H17Cl2NO4. The Morgan fingerprint density at radius 1 is 1.35 bits per heavy atom. The first-order valence-corrected chi connectivity index (χ1v) is 7.82. The van der Waals surface area contributed by atoms with Gasteiger partial charge < -0.3 is 14.8 Å². The number of esters is 1. The zero-order valence-corrected chi connectivity index (χ0v) is 14.3. The van der Waals surface area contributed by atoms with E-state index >= 15 is 0 Å². The third-order valence-corrected chi connectivity index (χ3v) is 4.40. The van der Waals surface area contributed by atoms with Crippen LogP contribution >= 0.6 is 23.2 Å². The van der Waals surface area contributed by atoms with Crippen molar-refractivity contribution in [3.63, 3.8) is 0 Å². The molecule has 0 bridgehead atoms. The van der Waals surface area contributed by atoms with Crippen LogP contribution in [0.3, 0.4) is 0 Å². The van der Waals surface area contributed by atoms with Crippen LogP contribution in [0.15, 0.2) is 29.5 Å².